The second-order valence-electron chi connectivity index (χ2n) is 6.40. The Hall–Kier alpha value is -1.80. The van der Waals surface area contributed by atoms with E-state index in [4.69, 9.17) is 28.9 Å². The van der Waals surface area contributed by atoms with E-state index in [9.17, 15) is 0 Å². The van der Waals surface area contributed by atoms with Crippen LogP contribution in [0.2, 0.25) is 10.0 Å². The lowest BCUT2D eigenvalue weighted by Crippen LogP contribution is -2.26. The first-order chi connectivity index (χ1) is 12.0. The first-order valence-electron chi connectivity index (χ1n) is 8.40. The maximum absolute atomic E-state index is 6.22. The van der Waals surface area contributed by atoms with E-state index in [1.807, 2.05) is 25.1 Å². The molecule has 0 radical (unpaired) electrons. The number of benzene rings is 3. The van der Waals surface area contributed by atoms with Crippen molar-refractivity contribution in [2.45, 2.75) is 19.4 Å². The monoisotopic (exact) mass is 369 g/mol. The Labute approximate surface area is 159 Å². The minimum Gasteiger partial charge on any atom is -0.327 e. The van der Waals surface area contributed by atoms with Gasteiger partial charge < -0.3 is 5.73 Å². The van der Waals surface area contributed by atoms with E-state index in [0.29, 0.717) is 10.0 Å². The largest absolute Gasteiger partial charge is 0.327 e. The van der Waals surface area contributed by atoms with Crippen molar-refractivity contribution >= 4 is 40.1 Å². The predicted molar refractivity (Wildman–Crippen MR) is 110 cm³/mol. The molecule has 0 aromatic heterocycles. The van der Waals surface area contributed by atoms with Crippen LogP contribution in [0.25, 0.3) is 16.8 Å². The highest BCUT2D eigenvalue weighted by atomic mass is 35.5. The molecule has 0 spiro atoms. The molecule has 128 valence electrons. The quantitative estimate of drug-likeness (QED) is 0.555. The average molecular weight is 370 g/mol. The van der Waals surface area contributed by atoms with E-state index in [0.717, 1.165) is 12.0 Å². The summed E-state index contributed by atoms with van der Waals surface area (Å²) < 4.78 is 0. The zero-order chi connectivity index (χ0) is 17.8. The maximum Gasteiger partial charge on any atom is 0.0595 e. The molecule has 3 heteroatoms. The summed E-state index contributed by atoms with van der Waals surface area (Å²) >= 11 is 12.1. The van der Waals surface area contributed by atoms with Gasteiger partial charge in [-0.25, -0.2) is 0 Å². The average Bonchev–Trinajstić information content (AvgIpc) is 2.61. The number of rotatable bonds is 5. The van der Waals surface area contributed by atoms with Crippen LogP contribution in [0, 0.1) is 5.92 Å². The van der Waals surface area contributed by atoms with Gasteiger partial charge in [0.25, 0.3) is 0 Å². The molecular formula is C22H21Cl2N. The maximum atomic E-state index is 6.22. The molecule has 0 amide bonds. The first-order valence-corrected chi connectivity index (χ1v) is 9.15. The molecule has 3 rings (SSSR count). The van der Waals surface area contributed by atoms with Gasteiger partial charge in [0, 0.05) is 6.04 Å². The third kappa shape index (κ3) is 4.43. The van der Waals surface area contributed by atoms with Crippen LogP contribution in [0.3, 0.4) is 0 Å². The summed E-state index contributed by atoms with van der Waals surface area (Å²) in [7, 11) is 0. The molecule has 2 N–H and O–H groups in total. The normalized spacial score (nSPS) is 14.1. The zero-order valence-electron chi connectivity index (χ0n) is 14.1. The highest BCUT2D eigenvalue weighted by Crippen LogP contribution is 2.25. The van der Waals surface area contributed by atoms with E-state index in [-0.39, 0.29) is 12.0 Å². The molecule has 0 saturated carbocycles. The van der Waals surface area contributed by atoms with E-state index >= 15 is 0 Å². The van der Waals surface area contributed by atoms with E-state index in [1.54, 1.807) is 0 Å². The molecule has 25 heavy (non-hydrogen) atoms. The molecule has 0 aliphatic carbocycles. The Balaban J connectivity index is 1.86. The van der Waals surface area contributed by atoms with Crippen molar-refractivity contribution in [1.29, 1.82) is 0 Å². The minimum atomic E-state index is 0.0423. The fraction of sp³-hybridized carbons (Fsp3) is 0.182. The van der Waals surface area contributed by atoms with Crippen LogP contribution in [0.5, 0.6) is 0 Å². The summed E-state index contributed by atoms with van der Waals surface area (Å²) in [5.74, 6) is 0.219. The number of hydrogen-bond acceptors (Lipinski definition) is 1. The molecule has 0 fully saturated rings. The van der Waals surface area contributed by atoms with Gasteiger partial charge in [0.05, 0.1) is 10.0 Å². The van der Waals surface area contributed by atoms with Gasteiger partial charge in [0.2, 0.25) is 0 Å². The fourth-order valence-corrected chi connectivity index (χ4v) is 3.31. The van der Waals surface area contributed by atoms with E-state index in [1.165, 1.54) is 16.3 Å². The molecule has 1 nitrogen and oxygen atoms in total. The van der Waals surface area contributed by atoms with Gasteiger partial charge in [-0.2, -0.15) is 0 Å². The lowest BCUT2D eigenvalue weighted by molar-refractivity contribution is 0.534. The highest BCUT2D eigenvalue weighted by molar-refractivity contribution is 6.42. The standard InChI is InChI=1S/C22H21Cl2N/c1-15(25)19(13-16-9-12-21(23)22(24)14-16)11-10-18-7-4-6-17-5-2-3-8-20(17)18/h2-12,14-15,19H,13,25H2,1H3. The number of fused-ring (bicyclic) bond motifs is 1. The second kappa shape index (κ2) is 8.05. The predicted octanol–water partition coefficient (Wildman–Crippen LogP) is 6.37. The molecular weight excluding hydrogens is 349 g/mol. The van der Waals surface area contributed by atoms with Gasteiger partial charge in [0.15, 0.2) is 0 Å². The summed E-state index contributed by atoms with van der Waals surface area (Å²) in [5, 5.41) is 3.65. The van der Waals surface area contributed by atoms with Crippen LogP contribution < -0.4 is 5.73 Å². The molecule has 0 aliphatic heterocycles. The van der Waals surface area contributed by atoms with Gasteiger partial charge >= 0.3 is 0 Å². The van der Waals surface area contributed by atoms with Gasteiger partial charge in [-0.15, -0.1) is 0 Å². The first kappa shape index (κ1) is 18.0. The van der Waals surface area contributed by atoms with Crippen molar-refractivity contribution < 1.29 is 0 Å². The van der Waals surface area contributed by atoms with Crippen LogP contribution in [0.15, 0.2) is 66.7 Å². The second-order valence-corrected chi connectivity index (χ2v) is 7.22. The van der Waals surface area contributed by atoms with Gasteiger partial charge in [-0.05, 0) is 53.3 Å². The Kier molecular flexibility index (Phi) is 5.80. The SMILES string of the molecule is CC(N)C(C=Cc1cccc2ccccc12)Cc1ccc(Cl)c(Cl)c1. The molecule has 2 unspecified atom stereocenters. The Morgan fingerprint density at radius 2 is 1.72 bits per heavy atom. The molecule has 0 heterocycles. The van der Waals surface area contributed by atoms with Gasteiger partial charge in [-0.1, -0.05) is 83.9 Å². The van der Waals surface area contributed by atoms with Crippen molar-refractivity contribution in [2.75, 3.05) is 0 Å². The number of hydrogen-bond donors (Lipinski definition) is 1. The number of nitrogens with two attached hydrogens (primary N) is 1. The van der Waals surface area contributed by atoms with Gasteiger partial charge in [0.1, 0.15) is 0 Å². The summed E-state index contributed by atoms with van der Waals surface area (Å²) in [6.07, 6.45) is 5.21. The van der Waals surface area contributed by atoms with Crippen molar-refractivity contribution in [2.24, 2.45) is 11.7 Å². The molecule has 3 aromatic carbocycles. The van der Waals surface area contributed by atoms with Crippen LogP contribution in [0.4, 0.5) is 0 Å². The third-order valence-corrected chi connectivity index (χ3v) is 5.22. The molecule has 0 bridgehead atoms. The van der Waals surface area contributed by atoms with Crippen molar-refractivity contribution in [3.63, 3.8) is 0 Å². The third-order valence-electron chi connectivity index (χ3n) is 4.48. The molecule has 3 aromatic rings. The van der Waals surface area contributed by atoms with Crippen molar-refractivity contribution in [3.05, 3.63) is 87.9 Å². The van der Waals surface area contributed by atoms with E-state index in [2.05, 4.69) is 54.6 Å². The molecule has 0 saturated heterocycles. The fourth-order valence-electron chi connectivity index (χ4n) is 2.99. The Morgan fingerprint density at radius 1 is 0.960 bits per heavy atom. The van der Waals surface area contributed by atoms with Gasteiger partial charge in [-0.3, -0.25) is 0 Å². The van der Waals surface area contributed by atoms with Crippen LogP contribution in [-0.4, -0.2) is 6.04 Å². The Bertz CT molecular complexity index is 894. The smallest absolute Gasteiger partial charge is 0.0595 e. The summed E-state index contributed by atoms with van der Waals surface area (Å²) in [6.45, 7) is 2.04. The van der Waals surface area contributed by atoms with Crippen LogP contribution >= 0.6 is 23.2 Å². The van der Waals surface area contributed by atoms with Crippen molar-refractivity contribution in [1.82, 2.24) is 0 Å². The summed E-state index contributed by atoms with van der Waals surface area (Å²) in [6, 6.07) is 20.6. The topological polar surface area (TPSA) is 26.0 Å². The lowest BCUT2D eigenvalue weighted by Gasteiger charge is -2.17. The lowest BCUT2D eigenvalue weighted by atomic mass is 9.92. The highest BCUT2D eigenvalue weighted by Gasteiger charge is 2.12. The van der Waals surface area contributed by atoms with Crippen LogP contribution in [-0.2, 0) is 6.42 Å². The minimum absolute atomic E-state index is 0.0423. The zero-order valence-corrected chi connectivity index (χ0v) is 15.6. The Morgan fingerprint density at radius 3 is 2.48 bits per heavy atom. The summed E-state index contributed by atoms with van der Waals surface area (Å²) in [5.41, 5.74) is 8.56. The van der Waals surface area contributed by atoms with E-state index < -0.39 is 0 Å². The number of halogens is 2. The summed E-state index contributed by atoms with van der Waals surface area (Å²) in [4.78, 5) is 0. The molecule has 2 atom stereocenters. The molecule has 0 aliphatic rings. The van der Waals surface area contributed by atoms with Crippen molar-refractivity contribution in [3.8, 4) is 0 Å². The van der Waals surface area contributed by atoms with Crippen LogP contribution in [0.1, 0.15) is 18.1 Å².